The molecule has 2 aromatic rings. The molecular weight excluding hydrogens is 326 g/mol. The van der Waals surface area contributed by atoms with Crippen LogP contribution in [0.4, 0.5) is 5.69 Å². The second-order valence-corrected chi connectivity index (χ2v) is 4.97. The predicted molar refractivity (Wildman–Crippen MR) is 92.3 cm³/mol. The number of aromatic carboxylic acids is 1. The molecule has 0 bridgehead atoms. The molecule has 1 amide bonds. The van der Waals surface area contributed by atoms with Crippen LogP contribution in [-0.2, 0) is 4.79 Å². The Kier molecular flexibility index (Phi) is 5.62. The lowest BCUT2D eigenvalue weighted by Crippen LogP contribution is -2.11. The van der Waals surface area contributed by atoms with Gasteiger partial charge in [0.25, 0.3) is 0 Å². The van der Waals surface area contributed by atoms with Gasteiger partial charge in [0.2, 0.25) is 5.91 Å². The highest BCUT2D eigenvalue weighted by molar-refractivity contribution is 6.06. The number of ether oxygens (including phenoxy) is 2. The van der Waals surface area contributed by atoms with Gasteiger partial charge in [-0.3, -0.25) is 4.79 Å². The van der Waals surface area contributed by atoms with Crippen molar-refractivity contribution in [2.45, 2.75) is 0 Å². The summed E-state index contributed by atoms with van der Waals surface area (Å²) in [6.45, 7) is 0. The van der Waals surface area contributed by atoms with Crippen LogP contribution in [0.15, 0.2) is 42.5 Å². The number of aromatic hydroxyl groups is 1. The van der Waals surface area contributed by atoms with Crippen molar-refractivity contribution in [2.75, 3.05) is 19.5 Å². The van der Waals surface area contributed by atoms with Gasteiger partial charge < -0.3 is 25.0 Å². The number of carboxylic acids is 1. The number of rotatable bonds is 6. The third-order valence-corrected chi connectivity index (χ3v) is 3.33. The summed E-state index contributed by atoms with van der Waals surface area (Å²) in [6, 6.07) is 8.76. The highest BCUT2D eigenvalue weighted by Gasteiger charge is 2.12. The molecular formula is C18H17NO6. The Balaban J connectivity index is 2.17. The highest BCUT2D eigenvalue weighted by Crippen LogP contribution is 2.28. The SMILES string of the molecule is COc1ccc(C=CC(=O)Nc2cc(O)ccc2C(=O)O)cc1OC. The van der Waals surface area contributed by atoms with Crippen molar-refractivity contribution < 1.29 is 29.3 Å². The Morgan fingerprint density at radius 1 is 1.04 bits per heavy atom. The molecule has 25 heavy (non-hydrogen) atoms. The Morgan fingerprint density at radius 3 is 2.40 bits per heavy atom. The standard InChI is InChI=1S/C18H17NO6/c1-24-15-7-3-11(9-16(15)25-2)4-8-17(21)19-14-10-12(20)5-6-13(14)18(22)23/h3-10,20H,1-2H3,(H,19,21)(H,22,23). The lowest BCUT2D eigenvalue weighted by atomic mass is 10.1. The first-order valence-corrected chi connectivity index (χ1v) is 7.22. The van der Waals surface area contributed by atoms with Gasteiger partial charge in [-0.1, -0.05) is 6.07 Å². The van der Waals surface area contributed by atoms with Gasteiger partial charge in [-0.25, -0.2) is 4.79 Å². The Hall–Kier alpha value is -3.48. The second kappa shape index (κ2) is 7.87. The molecule has 3 N–H and O–H groups in total. The van der Waals surface area contributed by atoms with E-state index >= 15 is 0 Å². The number of carboxylic acid groups (broad SMARTS) is 1. The van der Waals surface area contributed by atoms with Crippen LogP contribution >= 0.6 is 0 Å². The van der Waals surface area contributed by atoms with Crippen LogP contribution in [0, 0.1) is 0 Å². The molecule has 7 nitrogen and oxygen atoms in total. The third-order valence-electron chi connectivity index (χ3n) is 3.33. The molecule has 0 unspecified atom stereocenters. The number of carbonyl (C=O) groups is 2. The van der Waals surface area contributed by atoms with E-state index in [-0.39, 0.29) is 17.0 Å². The van der Waals surface area contributed by atoms with Gasteiger partial charge in [0.05, 0.1) is 25.5 Å². The van der Waals surface area contributed by atoms with Gasteiger partial charge in [0.15, 0.2) is 11.5 Å². The maximum absolute atomic E-state index is 12.0. The summed E-state index contributed by atoms with van der Waals surface area (Å²) in [5.41, 5.74) is 0.585. The molecule has 0 aliphatic carbocycles. The van der Waals surface area contributed by atoms with Crippen LogP contribution in [0.1, 0.15) is 15.9 Å². The van der Waals surface area contributed by atoms with E-state index in [1.54, 1.807) is 24.3 Å². The molecule has 0 saturated carbocycles. The van der Waals surface area contributed by atoms with E-state index in [9.17, 15) is 14.7 Å². The van der Waals surface area contributed by atoms with E-state index in [0.29, 0.717) is 17.1 Å². The van der Waals surface area contributed by atoms with E-state index in [1.165, 1.54) is 38.5 Å². The summed E-state index contributed by atoms with van der Waals surface area (Å²) in [6.07, 6.45) is 2.79. The molecule has 0 spiro atoms. The smallest absolute Gasteiger partial charge is 0.337 e. The minimum absolute atomic E-state index is 0.00876. The average Bonchev–Trinajstić information content (AvgIpc) is 2.59. The minimum atomic E-state index is -1.21. The van der Waals surface area contributed by atoms with Crippen LogP contribution in [-0.4, -0.2) is 36.3 Å². The van der Waals surface area contributed by atoms with Crippen LogP contribution in [0.25, 0.3) is 6.08 Å². The van der Waals surface area contributed by atoms with Crippen molar-refractivity contribution in [3.05, 3.63) is 53.6 Å². The lowest BCUT2D eigenvalue weighted by Gasteiger charge is -2.08. The molecule has 2 aromatic carbocycles. The summed E-state index contributed by atoms with van der Waals surface area (Å²) in [5.74, 6) is -0.813. The molecule has 0 aromatic heterocycles. The van der Waals surface area contributed by atoms with Crippen molar-refractivity contribution in [1.29, 1.82) is 0 Å². The molecule has 0 saturated heterocycles. The summed E-state index contributed by atoms with van der Waals surface area (Å²) >= 11 is 0. The zero-order chi connectivity index (χ0) is 18.4. The summed E-state index contributed by atoms with van der Waals surface area (Å²) in [5, 5.41) is 21.0. The fraction of sp³-hybridized carbons (Fsp3) is 0.111. The largest absolute Gasteiger partial charge is 0.508 e. The van der Waals surface area contributed by atoms with Crippen molar-refractivity contribution in [2.24, 2.45) is 0 Å². The number of hydrogen-bond donors (Lipinski definition) is 3. The number of carbonyl (C=O) groups excluding carboxylic acids is 1. The number of phenolic OH excluding ortho intramolecular Hbond substituents is 1. The first-order chi connectivity index (χ1) is 11.9. The van der Waals surface area contributed by atoms with Crippen LogP contribution < -0.4 is 14.8 Å². The Bertz CT molecular complexity index is 828. The van der Waals surface area contributed by atoms with Crippen molar-refractivity contribution >= 4 is 23.6 Å². The van der Waals surface area contributed by atoms with Crippen molar-refractivity contribution in [1.82, 2.24) is 0 Å². The zero-order valence-electron chi connectivity index (χ0n) is 13.6. The Labute approximate surface area is 144 Å². The van der Waals surface area contributed by atoms with Gasteiger partial charge in [-0.15, -0.1) is 0 Å². The fourth-order valence-electron chi connectivity index (χ4n) is 2.12. The maximum atomic E-state index is 12.0. The monoisotopic (exact) mass is 343 g/mol. The number of methoxy groups -OCH3 is 2. The maximum Gasteiger partial charge on any atom is 0.337 e. The van der Waals surface area contributed by atoms with E-state index in [0.717, 1.165) is 0 Å². The van der Waals surface area contributed by atoms with Crippen molar-refractivity contribution in [3.8, 4) is 17.2 Å². The number of nitrogens with one attached hydrogen (secondary N) is 1. The quantitative estimate of drug-likeness (QED) is 0.697. The molecule has 0 aliphatic rings. The fourth-order valence-corrected chi connectivity index (χ4v) is 2.12. The normalized spacial score (nSPS) is 10.5. The number of anilines is 1. The van der Waals surface area contributed by atoms with Gasteiger partial charge in [-0.2, -0.15) is 0 Å². The van der Waals surface area contributed by atoms with Gasteiger partial charge >= 0.3 is 5.97 Å². The lowest BCUT2D eigenvalue weighted by molar-refractivity contribution is -0.111. The summed E-state index contributed by atoms with van der Waals surface area (Å²) in [7, 11) is 3.03. The highest BCUT2D eigenvalue weighted by atomic mass is 16.5. The first-order valence-electron chi connectivity index (χ1n) is 7.22. The number of benzene rings is 2. The number of phenols is 1. The van der Waals surface area contributed by atoms with Crippen molar-refractivity contribution in [3.63, 3.8) is 0 Å². The second-order valence-electron chi connectivity index (χ2n) is 4.97. The van der Waals surface area contributed by atoms with Crippen LogP contribution in [0.3, 0.4) is 0 Å². The minimum Gasteiger partial charge on any atom is -0.508 e. The van der Waals surface area contributed by atoms with Crippen LogP contribution in [0.2, 0.25) is 0 Å². The van der Waals surface area contributed by atoms with Gasteiger partial charge in [0.1, 0.15) is 5.75 Å². The van der Waals surface area contributed by atoms with Gasteiger partial charge in [-0.05, 0) is 35.9 Å². The molecule has 0 radical (unpaired) electrons. The van der Waals surface area contributed by atoms with E-state index < -0.39 is 11.9 Å². The first kappa shape index (κ1) is 17.9. The predicted octanol–water partition coefficient (Wildman–Crippen LogP) is 2.76. The van der Waals surface area contributed by atoms with E-state index in [4.69, 9.17) is 14.6 Å². The summed E-state index contributed by atoms with van der Waals surface area (Å²) in [4.78, 5) is 23.2. The van der Waals surface area contributed by atoms with Gasteiger partial charge in [0, 0.05) is 12.1 Å². The average molecular weight is 343 g/mol. The van der Waals surface area contributed by atoms with Crippen LogP contribution in [0.5, 0.6) is 17.2 Å². The number of hydrogen-bond acceptors (Lipinski definition) is 5. The Morgan fingerprint density at radius 2 is 1.76 bits per heavy atom. The molecule has 7 heteroatoms. The van der Waals surface area contributed by atoms with E-state index in [2.05, 4.69) is 5.32 Å². The number of amides is 1. The third kappa shape index (κ3) is 4.51. The molecule has 130 valence electrons. The molecule has 0 aliphatic heterocycles. The van der Waals surface area contributed by atoms with E-state index in [1.807, 2.05) is 0 Å². The topological polar surface area (TPSA) is 105 Å². The zero-order valence-corrected chi connectivity index (χ0v) is 13.6. The molecule has 0 atom stereocenters. The molecule has 0 heterocycles. The molecule has 0 fully saturated rings. The molecule has 2 rings (SSSR count). The summed E-state index contributed by atoms with van der Waals surface area (Å²) < 4.78 is 10.3.